The van der Waals surface area contributed by atoms with Gasteiger partial charge in [-0.25, -0.2) is 4.98 Å². The summed E-state index contributed by atoms with van der Waals surface area (Å²) in [5, 5.41) is 10.4. The van der Waals surface area contributed by atoms with Gasteiger partial charge in [0.05, 0.1) is 24.6 Å². The van der Waals surface area contributed by atoms with Gasteiger partial charge in [0.25, 0.3) is 11.4 Å². The van der Waals surface area contributed by atoms with Crippen molar-refractivity contribution in [3.05, 3.63) is 112 Å². The molecule has 0 aliphatic carbocycles. The number of aldehydes is 1. The molecule has 0 unspecified atom stereocenters. The molecular formula is C26H22ClN5O5. The first-order chi connectivity index (χ1) is 18.1. The number of carbonyl (C=O) groups is 1. The number of nitrogens with zero attached hydrogens (tertiary/aromatic N) is 3. The lowest BCUT2D eigenvalue weighted by molar-refractivity contribution is 0.112. The van der Waals surface area contributed by atoms with Crippen LogP contribution in [0.2, 0.25) is 5.02 Å². The smallest absolute Gasteiger partial charge is 0.278 e. The van der Waals surface area contributed by atoms with Gasteiger partial charge in [0.1, 0.15) is 24.0 Å². The fraction of sp³-hybridized carbons (Fsp3) is 0.0769. The van der Waals surface area contributed by atoms with Gasteiger partial charge in [-0.2, -0.15) is 0 Å². The summed E-state index contributed by atoms with van der Waals surface area (Å²) in [7, 11) is 1.69. The summed E-state index contributed by atoms with van der Waals surface area (Å²) in [6, 6.07) is 17.8. The van der Waals surface area contributed by atoms with Gasteiger partial charge < -0.3 is 24.3 Å². The molecule has 0 fully saturated rings. The van der Waals surface area contributed by atoms with E-state index in [-0.39, 0.29) is 5.56 Å². The predicted octanol–water partition coefficient (Wildman–Crippen LogP) is 5.60. The maximum atomic E-state index is 12.9. The predicted molar refractivity (Wildman–Crippen MR) is 139 cm³/mol. The van der Waals surface area contributed by atoms with Gasteiger partial charge >= 0.3 is 0 Å². The summed E-state index contributed by atoms with van der Waals surface area (Å²) in [6.07, 6.45) is 6.54. The topological polar surface area (TPSA) is 124 Å². The summed E-state index contributed by atoms with van der Waals surface area (Å²) in [4.78, 5) is 27.1. The number of anilines is 3. The third-order valence-electron chi connectivity index (χ3n) is 5.00. The van der Waals surface area contributed by atoms with Gasteiger partial charge in [0.2, 0.25) is 5.95 Å². The molecule has 0 spiro atoms. The summed E-state index contributed by atoms with van der Waals surface area (Å²) in [6.45, 7) is 0.341. The number of nitrogens with one attached hydrogen (secondary N) is 2. The van der Waals surface area contributed by atoms with E-state index >= 15 is 0 Å². The van der Waals surface area contributed by atoms with E-state index in [4.69, 9.17) is 20.9 Å². The third-order valence-corrected chi connectivity index (χ3v) is 5.25. The van der Waals surface area contributed by atoms with Crippen LogP contribution in [0.15, 0.2) is 99.4 Å². The molecule has 5 rings (SSSR count). The number of carbonyl (C=O) groups excluding carboxylic acids is 1. The molecule has 0 saturated carbocycles. The highest BCUT2D eigenvalue weighted by atomic mass is 35.5. The Labute approximate surface area is 216 Å². The van der Waals surface area contributed by atoms with Gasteiger partial charge in [-0.15, -0.1) is 0 Å². The third kappa shape index (κ3) is 6.86. The lowest BCUT2D eigenvalue weighted by atomic mass is 10.2. The van der Waals surface area contributed by atoms with Crippen molar-refractivity contribution in [1.29, 1.82) is 0 Å². The molecule has 3 aromatic heterocycles. The first kappa shape index (κ1) is 25.3. The molecule has 2 N–H and O–H groups in total. The molecule has 10 nitrogen and oxygen atoms in total. The molecule has 5 aromatic rings. The van der Waals surface area contributed by atoms with Crippen molar-refractivity contribution in [1.82, 2.24) is 14.7 Å². The first-order valence-corrected chi connectivity index (χ1v) is 11.4. The Morgan fingerprint density at radius 1 is 1.05 bits per heavy atom. The zero-order valence-corrected chi connectivity index (χ0v) is 20.4. The Morgan fingerprint density at radius 2 is 1.84 bits per heavy atom. The number of aromatic nitrogens is 3. The van der Waals surface area contributed by atoms with E-state index in [0.717, 1.165) is 17.5 Å². The van der Waals surface area contributed by atoms with Gasteiger partial charge in [0.15, 0.2) is 6.29 Å². The van der Waals surface area contributed by atoms with E-state index in [9.17, 15) is 9.59 Å². The molecule has 0 bridgehead atoms. The summed E-state index contributed by atoms with van der Waals surface area (Å²) in [5.74, 6) is 1.39. The zero-order valence-electron chi connectivity index (χ0n) is 19.6. The molecule has 188 valence electrons. The Balaban J connectivity index is 0.000000396. The van der Waals surface area contributed by atoms with Gasteiger partial charge in [0, 0.05) is 23.8 Å². The van der Waals surface area contributed by atoms with E-state index in [0.29, 0.717) is 40.4 Å². The van der Waals surface area contributed by atoms with Gasteiger partial charge in [-0.1, -0.05) is 23.7 Å². The van der Waals surface area contributed by atoms with E-state index in [1.165, 1.54) is 25.0 Å². The quantitative estimate of drug-likeness (QED) is 0.252. The van der Waals surface area contributed by atoms with Crippen LogP contribution in [0, 0.1) is 0 Å². The highest BCUT2D eigenvalue weighted by Crippen LogP contribution is 2.23. The number of hydrogen-bond acceptors (Lipinski definition) is 9. The molecule has 11 heteroatoms. The molecule has 0 amide bonds. The van der Waals surface area contributed by atoms with Gasteiger partial charge in [-0.3, -0.25) is 14.2 Å². The molecule has 2 aromatic carbocycles. The number of benzene rings is 2. The van der Waals surface area contributed by atoms with Crippen LogP contribution in [0.1, 0.15) is 15.9 Å². The average molecular weight is 520 g/mol. The second kappa shape index (κ2) is 12.2. The van der Waals surface area contributed by atoms with Crippen LogP contribution in [0.5, 0.6) is 11.6 Å². The monoisotopic (exact) mass is 519 g/mol. The average Bonchev–Trinajstić information content (AvgIpc) is 3.64. The Morgan fingerprint density at radius 3 is 2.43 bits per heavy atom. The standard InChI is InChI=1S/C21H18ClN5O3.C5H4O2/c1-23-18-12-24-21(27(20(18)28)13-14-2-4-15(22)5-3-14)25-16-6-8-17(9-7-16)30-19-10-11-29-26-19;6-3-5-1-2-7-4-5/h2-12,23H,13H2,1H3,(H,24,25);1-4H. The zero-order chi connectivity index (χ0) is 26.0. The minimum atomic E-state index is -0.184. The summed E-state index contributed by atoms with van der Waals surface area (Å²) < 4.78 is 16.4. The molecule has 0 aliphatic rings. The number of hydrogen-bond donors (Lipinski definition) is 2. The second-order valence-corrected chi connectivity index (χ2v) is 7.96. The number of furan rings is 1. The number of rotatable bonds is 8. The summed E-state index contributed by atoms with van der Waals surface area (Å²) >= 11 is 5.97. The lowest BCUT2D eigenvalue weighted by Gasteiger charge is -2.15. The van der Waals surface area contributed by atoms with E-state index in [1.54, 1.807) is 48.0 Å². The lowest BCUT2D eigenvalue weighted by Crippen LogP contribution is -2.26. The van der Waals surface area contributed by atoms with Crippen molar-refractivity contribution in [2.24, 2.45) is 0 Å². The van der Waals surface area contributed by atoms with Crippen LogP contribution in [0.25, 0.3) is 0 Å². The van der Waals surface area contributed by atoms with Crippen LogP contribution in [-0.4, -0.2) is 28.0 Å². The summed E-state index contributed by atoms with van der Waals surface area (Å²) in [5.41, 5.74) is 2.48. The minimum Gasteiger partial charge on any atom is -0.472 e. The van der Waals surface area contributed by atoms with Gasteiger partial charge in [-0.05, 0) is 53.2 Å². The van der Waals surface area contributed by atoms with Crippen molar-refractivity contribution in [2.75, 3.05) is 17.7 Å². The highest BCUT2D eigenvalue weighted by molar-refractivity contribution is 6.30. The largest absolute Gasteiger partial charge is 0.472 e. The molecule has 0 saturated heterocycles. The molecular weight excluding hydrogens is 498 g/mol. The molecule has 0 radical (unpaired) electrons. The maximum absolute atomic E-state index is 12.9. The van der Waals surface area contributed by atoms with Crippen molar-refractivity contribution in [2.45, 2.75) is 6.54 Å². The number of halogens is 1. The molecule has 37 heavy (non-hydrogen) atoms. The van der Waals surface area contributed by atoms with E-state index in [2.05, 4.69) is 25.2 Å². The SMILES string of the molecule is CNc1cnc(Nc2ccc(Oc3ccon3)cc2)n(Cc2ccc(Cl)cc2)c1=O.O=Cc1ccoc1. The van der Waals surface area contributed by atoms with Crippen LogP contribution in [0.3, 0.4) is 0 Å². The second-order valence-electron chi connectivity index (χ2n) is 7.53. The van der Waals surface area contributed by atoms with Crippen LogP contribution < -0.4 is 20.9 Å². The first-order valence-electron chi connectivity index (χ1n) is 11.0. The van der Waals surface area contributed by atoms with Crippen LogP contribution >= 0.6 is 11.6 Å². The number of ether oxygens (including phenoxy) is 1. The van der Waals surface area contributed by atoms with Crippen LogP contribution in [-0.2, 0) is 6.54 Å². The fourth-order valence-corrected chi connectivity index (χ4v) is 3.26. The highest BCUT2D eigenvalue weighted by Gasteiger charge is 2.11. The molecule has 0 aliphatic heterocycles. The van der Waals surface area contributed by atoms with Crippen molar-refractivity contribution in [3.63, 3.8) is 0 Å². The Kier molecular flexibility index (Phi) is 8.35. The normalized spacial score (nSPS) is 10.2. The molecule has 0 atom stereocenters. The fourth-order valence-electron chi connectivity index (χ4n) is 3.13. The Hall–Kier alpha value is -4.83. The Bertz CT molecular complexity index is 1470. The minimum absolute atomic E-state index is 0.184. The van der Waals surface area contributed by atoms with E-state index < -0.39 is 0 Å². The van der Waals surface area contributed by atoms with Crippen molar-refractivity contribution in [3.8, 4) is 11.6 Å². The molecule has 3 heterocycles. The maximum Gasteiger partial charge on any atom is 0.278 e. The van der Waals surface area contributed by atoms with E-state index in [1.807, 2.05) is 24.3 Å². The van der Waals surface area contributed by atoms with Crippen molar-refractivity contribution >= 4 is 35.2 Å². The van der Waals surface area contributed by atoms with Crippen molar-refractivity contribution < 1.29 is 18.5 Å². The van der Waals surface area contributed by atoms with Crippen LogP contribution in [0.4, 0.5) is 17.3 Å².